The first-order valence-corrected chi connectivity index (χ1v) is 18.3. The number of rotatable bonds is 13. The van der Waals surface area contributed by atoms with Gasteiger partial charge in [0, 0.05) is 29.3 Å². The van der Waals surface area contributed by atoms with Gasteiger partial charge in [-0.1, -0.05) is 143 Å². The third kappa shape index (κ3) is 21.8. The average Bonchev–Trinajstić information content (AvgIpc) is 3.08. The number of carboxylic acids is 1. The number of benzene rings is 1. The highest BCUT2D eigenvalue weighted by Gasteiger charge is 2.15. The second kappa shape index (κ2) is 30.1. The smallest absolute Gasteiger partial charge is 0.341 e. The van der Waals surface area contributed by atoms with Crippen LogP contribution in [0.25, 0.3) is 11.4 Å². The number of carboxylic acid groups (broad SMARTS) is 1. The summed E-state index contributed by atoms with van der Waals surface area (Å²) in [5.74, 6) is 2.22. The fraction of sp³-hybridized carbons (Fsp3) is 0.564. The Balaban J connectivity index is 0. The van der Waals surface area contributed by atoms with Crippen molar-refractivity contribution in [2.45, 2.75) is 120 Å². The number of aliphatic carboxylic acids is 1. The topological polar surface area (TPSA) is 100 Å². The lowest BCUT2D eigenvalue weighted by molar-refractivity contribution is -0.625. The second-order valence-electron chi connectivity index (χ2n) is 11.4. The van der Waals surface area contributed by atoms with Crippen LogP contribution in [0.5, 0.6) is 5.75 Å². The molecule has 0 fully saturated rings. The molecule has 1 N–H and O–H groups in total. The van der Waals surface area contributed by atoms with Gasteiger partial charge in [0.15, 0.2) is 19.0 Å². The molecule has 0 unspecified atom stereocenters. The molecule has 0 radical (unpaired) electrons. The normalized spacial score (nSPS) is 10.0. The summed E-state index contributed by atoms with van der Waals surface area (Å²) in [6, 6.07) is 14.5. The van der Waals surface area contributed by atoms with Crippen LogP contribution in [0.3, 0.4) is 0 Å². The van der Waals surface area contributed by atoms with Gasteiger partial charge in [-0.2, -0.15) is 9.46 Å². The molecule has 0 aliphatic rings. The van der Waals surface area contributed by atoms with Crippen molar-refractivity contribution in [3.8, 4) is 17.1 Å². The fourth-order valence-electron chi connectivity index (χ4n) is 4.58. The van der Waals surface area contributed by atoms with Gasteiger partial charge in [0.1, 0.15) is 5.75 Å². The Bertz CT molecular complexity index is 1130. The van der Waals surface area contributed by atoms with Crippen molar-refractivity contribution in [2.24, 2.45) is 17.8 Å². The summed E-state index contributed by atoms with van der Waals surface area (Å²) < 4.78 is 6.20. The third-order valence-electron chi connectivity index (χ3n) is 8.35. The van der Waals surface area contributed by atoms with Crippen LogP contribution in [0.15, 0.2) is 67.0 Å². The molecule has 9 heteroatoms. The predicted octanol–water partition coefficient (Wildman–Crippen LogP) is 11.6. The van der Waals surface area contributed by atoms with Gasteiger partial charge in [-0.25, -0.2) is 4.79 Å². The van der Waals surface area contributed by atoms with E-state index in [1.807, 2.05) is 0 Å². The molecule has 1 aromatic carbocycles. The van der Waals surface area contributed by atoms with Crippen LogP contribution < -0.4 is 14.2 Å². The van der Waals surface area contributed by atoms with Gasteiger partial charge in [-0.15, -0.1) is 0 Å². The molecule has 0 aliphatic carbocycles. The van der Waals surface area contributed by atoms with Gasteiger partial charge in [-0.05, 0) is 48.1 Å². The van der Waals surface area contributed by atoms with Crippen LogP contribution in [0.4, 0.5) is 0 Å². The molecule has 0 bridgehead atoms. The Morgan fingerprint density at radius 1 is 0.646 bits per heavy atom. The number of hydrogen-bond donors (Lipinski definition) is 1. The van der Waals surface area contributed by atoms with Gasteiger partial charge in [0.2, 0.25) is 0 Å². The molecule has 0 saturated heterocycles. The summed E-state index contributed by atoms with van der Waals surface area (Å²) in [4.78, 5) is 10.2. The van der Waals surface area contributed by atoms with Crippen molar-refractivity contribution < 1.29 is 24.1 Å². The maximum absolute atomic E-state index is 11.3. The molecule has 0 saturated carbocycles. The summed E-state index contributed by atoms with van der Waals surface area (Å²) >= 11 is 11.3. The number of nitrogens with zero attached hydrogens (tertiary/aromatic N) is 2. The largest absolute Gasteiger partial charge is 0.618 e. The first kappa shape index (κ1) is 47.1. The van der Waals surface area contributed by atoms with E-state index in [0.717, 1.165) is 17.8 Å². The minimum Gasteiger partial charge on any atom is -0.618 e. The van der Waals surface area contributed by atoms with E-state index in [9.17, 15) is 15.2 Å². The molecule has 0 spiro atoms. The first-order chi connectivity index (χ1) is 22.9. The van der Waals surface area contributed by atoms with Gasteiger partial charge < -0.3 is 20.3 Å². The van der Waals surface area contributed by atoms with Gasteiger partial charge in [-0.3, -0.25) is 0 Å². The number of aromatic nitrogens is 2. The molecule has 0 amide bonds. The highest BCUT2D eigenvalue weighted by atomic mass is 35.5. The van der Waals surface area contributed by atoms with Crippen molar-refractivity contribution in [1.82, 2.24) is 0 Å². The van der Waals surface area contributed by atoms with E-state index >= 15 is 0 Å². The molecule has 0 aliphatic heterocycles. The quantitative estimate of drug-likeness (QED) is 0.141. The summed E-state index contributed by atoms with van der Waals surface area (Å²) in [5.41, 5.74) is 0.700. The minimum absolute atomic E-state index is 0.300. The van der Waals surface area contributed by atoms with Crippen LogP contribution >= 0.6 is 23.2 Å². The summed E-state index contributed by atoms with van der Waals surface area (Å²) in [6.07, 6.45) is 14.9. The maximum Gasteiger partial charge on any atom is 0.341 e. The lowest BCUT2D eigenvalue weighted by atomic mass is 10.0. The summed E-state index contributed by atoms with van der Waals surface area (Å²) in [6.45, 7) is 19.9. The zero-order chi connectivity index (χ0) is 36.9. The van der Waals surface area contributed by atoms with Crippen LogP contribution in [-0.2, 0) is 4.79 Å². The maximum atomic E-state index is 11.3. The monoisotopic (exact) mass is 708 g/mol. The van der Waals surface area contributed by atoms with Crippen molar-refractivity contribution >= 4 is 29.2 Å². The minimum atomic E-state index is -1.05. The van der Waals surface area contributed by atoms with E-state index in [1.165, 1.54) is 82.3 Å². The second-order valence-corrected chi connectivity index (χ2v) is 12.2. The van der Waals surface area contributed by atoms with Crippen molar-refractivity contribution in [3.63, 3.8) is 0 Å². The average molecular weight is 710 g/mol. The van der Waals surface area contributed by atoms with Crippen LogP contribution in [0.1, 0.15) is 120 Å². The predicted molar refractivity (Wildman–Crippen MR) is 202 cm³/mol. The Hall–Kier alpha value is -3.03. The molecule has 48 heavy (non-hydrogen) atoms. The van der Waals surface area contributed by atoms with Crippen molar-refractivity contribution in [3.05, 3.63) is 87.5 Å². The number of pyridine rings is 2. The number of halogens is 2. The van der Waals surface area contributed by atoms with Crippen molar-refractivity contribution in [1.29, 1.82) is 0 Å². The van der Waals surface area contributed by atoms with Gasteiger partial charge in [0.25, 0.3) is 11.4 Å². The van der Waals surface area contributed by atoms with E-state index in [1.54, 1.807) is 42.5 Å². The first-order valence-electron chi connectivity index (χ1n) is 17.6. The summed E-state index contributed by atoms with van der Waals surface area (Å²) in [7, 11) is 0. The third-order valence-corrected chi connectivity index (χ3v) is 8.88. The zero-order valence-corrected chi connectivity index (χ0v) is 32.4. The molecule has 2 aromatic heterocycles. The highest BCUT2D eigenvalue weighted by molar-refractivity contribution is 6.35. The zero-order valence-electron chi connectivity index (χ0n) is 30.9. The van der Waals surface area contributed by atoms with Gasteiger partial charge in [0.05, 0.1) is 5.02 Å². The lowest BCUT2D eigenvalue weighted by Crippen LogP contribution is -2.36. The molecular formula is C39H62Cl2N2O5. The van der Waals surface area contributed by atoms with Crippen LogP contribution in [0, 0.1) is 28.2 Å². The number of hydrogen-bond acceptors (Lipinski definition) is 4. The van der Waals surface area contributed by atoms with E-state index in [2.05, 4.69) is 62.3 Å². The van der Waals surface area contributed by atoms with E-state index in [-0.39, 0.29) is 0 Å². The van der Waals surface area contributed by atoms with E-state index in [0.29, 0.717) is 36.6 Å². The van der Waals surface area contributed by atoms with E-state index in [4.69, 9.17) is 33.0 Å². The fourth-order valence-corrected chi connectivity index (χ4v) is 5.05. The number of carbonyl (C=O) groups is 1. The molecule has 7 nitrogen and oxygen atoms in total. The molecule has 2 heterocycles. The van der Waals surface area contributed by atoms with E-state index < -0.39 is 12.6 Å². The highest BCUT2D eigenvalue weighted by Crippen LogP contribution is 2.27. The molecule has 0 atom stereocenters. The Morgan fingerprint density at radius 3 is 1.25 bits per heavy atom. The van der Waals surface area contributed by atoms with Crippen molar-refractivity contribution in [2.75, 3.05) is 6.61 Å². The Morgan fingerprint density at radius 2 is 1.00 bits per heavy atom. The Labute approximate surface area is 301 Å². The lowest BCUT2D eigenvalue weighted by Gasteiger charge is -2.05. The standard InChI is InChI=1S/C10H8N2O2.C8H6Cl2O3.3C7H16/c13-11-7-3-1-5-9(11)10-6-2-4-8-12(10)14;9-5-1-2-7(6(10)3-5)13-4-8(11)12;3*1-4-7(5-2)6-3/h1-8H;1-3H,4H2,(H,11,12);3*7H,4-6H2,1-3H3. The summed E-state index contributed by atoms with van der Waals surface area (Å²) in [5, 5.41) is 31.8. The number of ether oxygens (including phenoxy) is 1. The molecule has 3 rings (SSSR count). The SMILES string of the molecule is CCC(CC)CC.CCC(CC)CC.CCC(CC)CC.O=C(O)COc1ccc(Cl)cc1Cl.[O-][n+]1ccccc1-c1cccc[n+]1[O-]. The molecule has 3 aromatic rings. The van der Waals surface area contributed by atoms with Gasteiger partial charge >= 0.3 is 5.97 Å². The molecule has 272 valence electrons. The Kier molecular flexibility index (Phi) is 29.5. The van der Waals surface area contributed by atoms with Crippen LogP contribution in [0.2, 0.25) is 10.0 Å². The molecular weight excluding hydrogens is 647 g/mol. The van der Waals surface area contributed by atoms with Crippen LogP contribution in [-0.4, -0.2) is 17.7 Å².